The Morgan fingerprint density at radius 1 is 0.929 bits per heavy atom. The highest BCUT2D eigenvalue weighted by Crippen LogP contribution is 2.34. The van der Waals surface area contributed by atoms with Gasteiger partial charge in [-0.3, -0.25) is 4.79 Å². The van der Waals surface area contributed by atoms with E-state index in [0.29, 0.717) is 44.5 Å². The van der Waals surface area contributed by atoms with Crippen LogP contribution in [0.25, 0.3) is 0 Å². The average Bonchev–Trinajstić information content (AvgIpc) is 2.69. The molecule has 0 aliphatic heterocycles. The highest BCUT2D eigenvalue weighted by atomic mass is 79.9. The van der Waals surface area contributed by atoms with E-state index in [1.54, 1.807) is 0 Å². The summed E-state index contributed by atoms with van der Waals surface area (Å²) in [5, 5.41) is 2.97. The zero-order valence-electron chi connectivity index (χ0n) is 16.7. The molecule has 2 rings (SSSR count). The Morgan fingerprint density at radius 2 is 1.54 bits per heavy atom. The second-order valence-corrected chi connectivity index (χ2v) is 7.02. The fourth-order valence-corrected chi connectivity index (χ4v) is 3.12. The summed E-state index contributed by atoms with van der Waals surface area (Å²) in [5.41, 5.74) is 3.03. The third-order valence-electron chi connectivity index (χ3n) is 4.05. The molecule has 6 heteroatoms. The highest BCUT2D eigenvalue weighted by Gasteiger charge is 2.13. The molecule has 0 fully saturated rings. The summed E-state index contributed by atoms with van der Waals surface area (Å²) in [7, 11) is 0. The molecule has 0 spiro atoms. The van der Waals surface area contributed by atoms with E-state index in [1.165, 1.54) is 0 Å². The van der Waals surface area contributed by atoms with Crippen LogP contribution >= 0.6 is 15.9 Å². The minimum atomic E-state index is -0.0503. The van der Waals surface area contributed by atoms with Crippen LogP contribution in [-0.4, -0.2) is 25.7 Å². The lowest BCUT2D eigenvalue weighted by molar-refractivity contribution is -0.120. The molecule has 1 amide bonds. The predicted octanol–water partition coefficient (Wildman–Crippen LogP) is 4.64. The molecule has 0 atom stereocenters. The molecule has 0 radical (unpaired) electrons. The van der Waals surface area contributed by atoms with E-state index in [9.17, 15) is 4.79 Å². The minimum absolute atomic E-state index is 0.0503. The van der Waals surface area contributed by atoms with E-state index < -0.39 is 0 Å². The van der Waals surface area contributed by atoms with Gasteiger partial charge in [-0.1, -0.05) is 40.2 Å². The fourth-order valence-electron chi connectivity index (χ4n) is 2.66. The maximum absolute atomic E-state index is 12.4. The molecule has 28 heavy (non-hydrogen) atoms. The number of rotatable bonds is 11. The lowest BCUT2D eigenvalue weighted by Crippen LogP contribution is -2.24. The van der Waals surface area contributed by atoms with Crippen molar-refractivity contribution in [1.82, 2.24) is 5.32 Å². The number of ether oxygens (including phenoxy) is 3. The fraction of sp³-hybridized carbons (Fsp3) is 0.409. The number of nitrogens with one attached hydrogen (secondary N) is 1. The van der Waals surface area contributed by atoms with Gasteiger partial charge >= 0.3 is 0 Å². The molecule has 0 aliphatic carbocycles. The Labute approximate surface area is 175 Å². The first-order valence-corrected chi connectivity index (χ1v) is 10.4. The van der Waals surface area contributed by atoms with Crippen molar-refractivity contribution in [1.29, 1.82) is 0 Å². The van der Waals surface area contributed by atoms with Crippen LogP contribution in [0.3, 0.4) is 0 Å². The van der Waals surface area contributed by atoms with E-state index >= 15 is 0 Å². The van der Waals surface area contributed by atoms with Crippen molar-refractivity contribution < 1.29 is 19.0 Å². The topological polar surface area (TPSA) is 56.8 Å². The molecule has 0 aliphatic rings. The van der Waals surface area contributed by atoms with Crippen molar-refractivity contribution in [2.24, 2.45) is 0 Å². The van der Waals surface area contributed by atoms with Crippen LogP contribution in [0.15, 0.2) is 40.9 Å². The highest BCUT2D eigenvalue weighted by molar-refractivity contribution is 9.10. The first-order chi connectivity index (χ1) is 13.6. The van der Waals surface area contributed by atoms with Crippen molar-refractivity contribution in [3.63, 3.8) is 0 Å². The summed E-state index contributed by atoms with van der Waals surface area (Å²) >= 11 is 3.53. The van der Waals surface area contributed by atoms with Gasteiger partial charge in [0, 0.05) is 17.6 Å². The van der Waals surface area contributed by atoms with Gasteiger partial charge in [-0.15, -0.1) is 0 Å². The van der Waals surface area contributed by atoms with E-state index in [0.717, 1.165) is 21.2 Å². The number of benzene rings is 2. The molecule has 0 unspecified atom stereocenters. The van der Waals surface area contributed by atoms with Gasteiger partial charge in [-0.2, -0.15) is 0 Å². The third kappa shape index (κ3) is 6.84. The second-order valence-electron chi connectivity index (χ2n) is 6.16. The third-order valence-corrected chi connectivity index (χ3v) is 4.79. The summed E-state index contributed by atoms with van der Waals surface area (Å²) in [6, 6.07) is 11.8. The molecule has 2 aromatic rings. The molecule has 0 aromatic heterocycles. The number of amides is 1. The van der Waals surface area contributed by atoms with Crippen LogP contribution in [0.2, 0.25) is 0 Å². The largest absolute Gasteiger partial charge is 0.490 e. The monoisotopic (exact) mass is 449 g/mol. The maximum Gasteiger partial charge on any atom is 0.224 e. The Morgan fingerprint density at radius 3 is 2.14 bits per heavy atom. The first-order valence-electron chi connectivity index (χ1n) is 9.57. The molecule has 0 heterocycles. The number of hydrogen-bond acceptors (Lipinski definition) is 4. The molecule has 2 aromatic carbocycles. The Bertz CT molecular complexity index is 762. The molecule has 152 valence electrons. The standard InChI is InChI=1S/C22H28BrNO4/c1-4-26-15-17-9-7-16(8-10-17)14-24-22(25)12-18-11-20(27-5-2)21(28-6-3)13-19(18)23/h7-11,13H,4-6,12,14-15H2,1-3H3,(H,24,25). The number of carbonyl (C=O) groups excluding carboxylic acids is 1. The van der Waals surface area contributed by atoms with Crippen LogP contribution in [0.5, 0.6) is 11.5 Å². The second kappa shape index (κ2) is 11.7. The van der Waals surface area contributed by atoms with Crippen LogP contribution < -0.4 is 14.8 Å². The van der Waals surface area contributed by atoms with E-state index in [2.05, 4.69) is 21.2 Å². The molecule has 0 bridgehead atoms. The maximum atomic E-state index is 12.4. The number of halogens is 1. The summed E-state index contributed by atoms with van der Waals surface area (Å²) in [6.07, 6.45) is 0.259. The van der Waals surface area contributed by atoms with E-state index in [4.69, 9.17) is 14.2 Å². The van der Waals surface area contributed by atoms with E-state index in [-0.39, 0.29) is 12.3 Å². The van der Waals surface area contributed by atoms with Gasteiger partial charge in [0.2, 0.25) is 5.91 Å². The van der Waals surface area contributed by atoms with Gasteiger partial charge in [0.15, 0.2) is 11.5 Å². The Balaban J connectivity index is 1.95. The SMILES string of the molecule is CCOCc1ccc(CNC(=O)Cc2cc(OCC)c(OCC)cc2Br)cc1. The Hall–Kier alpha value is -2.05. The van der Waals surface area contributed by atoms with E-state index in [1.807, 2.05) is 57.2 Å². The summed E-state index contributed by atoms with van der Waals surface area (Å²) < 4.78 is 17.5. The summed E-state index contributed by atoms with van der Waals surface area (Å²) in [6.45, 7) is 8.70. The van der Waals surface area contributed by atoms with Crippen molar-refractivity contribution in [2.45, 2.75) is 40.3 Å². The summed E-state index contributed by atoms with van der Waals surface area (Å²) in [5.74, 6) is 1.28. The normalized spacial score (nSPS) is 10.6. The lowest BCUT2D eigenvalue weighted by Gasteiger charge is -2.14. The lowest BCUT2D eigenvalue weighted by atomic mass is 10.1. The zero-order chi connectivity index (χ0) is 20.4. The molecule has 0 saturated carbocycles. The molecular weight excluding hydrogens is 422 g/mol. The Kier molecular flexibility index (Phi) is 9.31. The summed E-state index contributed by atoms with van der Waals surface area (Å²) in [4.78, 5) is 12.4. The minimum Gasteiger partial charge on any atom is -0.490 e. The predicted molar refractivity (Wildman–Crippen MR) is 114 cm³/mol. The molecule has 1 N–H and O–H groups in total. The molecule has 0 saturated heterocycles. The molecular formula is C22H28BrNO4. The van der Waals surface area contributed by atoms with Crippen LogP contribution in [-0.2, 0) is 29.1 Å². The van der Waals surface area contributed by atoms with Gasteiger partial charge in [0.25, 0.3) is 0 Å². The average molecular weight is 450 g/mol. The van der Waals surface area contributed by atoms with Gasteiger partial charge < -0.3 is 19.5 Å². The van der Waals surface area contributed by atoms with Gasteiger partial charge in [-0.05, 0) is 49.6 Å². The number of hydrogen-bond donors (Lipinski definition) is 1. The van der Waals surface area contributed by atoms with Gasteiger partial charge in [-0.25, -0.2) is 0 Å². The van der Waals surface area contributed by atoms with Crippen molar-refractivity contribution >= 4 is 21.8 Å². The van der Waals surface area contributed by atoms with Gasteiger partial charge in [0.1, 0.15) is 0 Å². The molecule has 5 nitrogen and oxygen atoms in total. The van der Waals surface area contributed by atoms with Crippen LogP contribution in [0.1, 0.15) is 37.5 Å². The van der Waals surface area contributed by atoms with Crippen molar-refractivity contribution in [3.05, 3.63) is 57.6 Å². The van der Waals surface area contributed by atoms with Gasteiger partial charge in [0.05, 0.1) is 26.2 Å². The zero-order valence-corrected chi connectivity index (χ0v) is 18.3. The van der Waals surface area contributed by atoms with Crippen LogP contribution in [0.4, 0.5) is 0 Å². The first kappa shape index (κ1) is 22.2. The van der Waals surface area contributed by atoms with Crippen LogP contribution in [0, 0.1) is 0 Å². The van der Waals surface area contributed by atoms with Crippen molar-refractivity contribution in [2.75, 3.05) is 19.8 Å². The van der Waals surface area contributed by atoms with Crippen molar-refractivity contribution in [3.8, 4) is 11.5 Å². The quantitative estimate of drug-likeness (QED) is 0.542. The smallest absolute Gasteiger partial charge is 0.224 e. The number of carbonyl (C=O) groups is 1.